The van der Waals surface area contributed by atoms with Crippen molar-refractivity contribution in [3.63, 3.8) is 0 Å². The molecule has 1 aromatic carbocycles. The molecule has 0 saturated carbocycles. The van der Waals surface area contributed by atoms with E-state index in [1.165, 1.54) is 11.6 Å². The summed E-state index contributed by atoms with van der Waals surface area (Å²) in [4.78, 5) is 13.3. The van der Waals surface area contributed by atoms with Gasteiger partial charge in [-0.2, -0.15) is 0 Å². The monoisotopic (exact) mass is 202 g/mol. The van der Waals surface area contributed by atoms with Crippen LogP contribution in [0.2, 0.25) is 0 Å². The fourth-order valence-corrected chi connectivity index (χ4v) is 1.79. The molecule has 0 unspecified atom stereocenters. The van der Waals surface area contributed by atoms with E-state index >= 15 is 0 Å². The van der Waals surface area contributed by atoms with Crippen molar-refractivity contribution in [1.29, 1.82) is 0 Å². The maximum absolute atomic E-state index is 11.3. The molecule has 3 nitrogen and oxygen atoms in total. The molecule has 0 amide bonds. The minimum absolute atomic E-state index is 0.0923. The van der Waals surface area contributed by atoms with Gasteiger partial charge < -0.3 is 5.73 Å². The van der Waals surface area contributed by atoms with E-state index in [4.69, 9.17) is 5.73 Å². The Morgan fingerprint density at radius 1 is 1.20 bits per heavy atom. The third kappa shape index (κ3) is 2.67. The van der Waals surface area contributed by atoms with Gasteiger partial charge >= 0.3 is 0 Å². The second-order valence-corrected chi connectivity index (χ2v) is 3.82. The van der Waals surface area contributed by atoms with Gasteiger partial charge in [-0.25, -0.2) is 0 Å². The van der Waals surface area contributed by atoms with Crippen LogP contribution in [0.5, 0.6) is 0 Å². The third-order valence-corrected chi connectivity index (χ3v) is 2.38. The first kappa shape index (κ1) is 9.93. The van der Waals surface area contributed by atoms with Crippen LogP contribution in [0.4, 0.5) is 0 Å². The normalized spacial score (nSPS) is 17.6. The summed E-state index contributed by atoms with van der Waals surface area (Å²) >= 11 is 0. The summed E-state index contributed by atoms with van der Waals surface area (Å²) in [5, 5.41) is 0. The van der Waals surface area contributed by atoms with Gasteiger partial charge in [-0.1, -0.05) is 30.3 Å². The maximum Gasteiger partial charge on any atom is 0.171 e. The number of hydrogen-bond acceptors (Lipinski definition) is 3. The Morgan fingerprint density at radius 3 is 2.60 bits per heavy atom. The number of carbonyl (C=O) groups excluding carboxylic acids is 1. The molecule has 0 fully saturated rings. The molecule has 1 aromatic rings. The lowest BCUT2D eigenvalue weighted by molar-refractivity contribution is -0.116. The average Bonchev–Trinajstić information content (AvgIpc) is 2.17. The molecular weight excluding hydrogens is 188 g/mol. The number of benzene rings is 1. The first-order chi connectivity index (χ1) is 7.24. The van der Waals surface area contributed by atoms with E-state index in [1.807, 2.05) is 23.1 Å². The van der Waals surface area contributed by atoms with E-state index < -0.39 is 0 Å². The number of rotatable bonds is 2. The summed E-state index contributed by atoms with van der Waals surface area (Å²) in [6, 6.07) is 10.1. The largest absolute Gasteiger partial charge is 0.401 e. The molecule has 2 N–H and O–H groups in total. The molecule has 15 heavy (non-hydrogen) atoms. The van der Waals surface area contributed by atoms with Gasteiger partial charge in [-0.3, -0.25) is 9.69 Å². The van der Waals surface area contributed by atoms with Crippen molar-refractivity contribution in [3.8, 4) is 0 Å². The molecule has 0 bridgehead atoms. The van der Waals surface area contributed by atoms with Crippen molar-refractivity contribution in [3.05, 3.63) is 47.7 Å². The van der Waals surface area contributed by atoms with E-state index in [0.29, 0.717) is 18.8 Å². The number of ketones is 1. The van der Waals surface area contributed by atoms with Gasteiger partial charge in [0.05, 0.1) is 6.54 Å². The smallest absolute Gasteiger partial charge is 0.171 e. The Labute approximate surface area is 89.2 Å². The van der Waals surface area contributed by atoms with Crippen LogP contribution in [-0.2, 0) is 11.3 Å². The van der Waals surface area contributed by atoms with Crippen LogP contribution in [0, 0.1) is 0 Å². The van der Waals surface area contributed by atoms with Gasteiger partial charge in [0.15, 0.2) is 5.78 Å². The summed E-state index contributed by atoms with van der Waals surface area (Å²) in [5.74, 6) is 0.0923. The van der Waals surface area contributed by atoms with Crippen molar-refractivity contribution in [2.45, 2.75) is 6.54 Å². The standard InChI is InChI=1S/C12H14N2O/c13-11-6-12(15)9-14(8-11)7-10-4-2-1-3-5-10/h1-6H,7-9,13H2. The fraction of sp³-hybridized carbons (Fsp3) is 0.250. The Hall–Kier alpha value is -1.61. The molecule has 0 aromatic heterocycles. The summed E-state index contributed by atoms with van der Waals surface area (Å²) in [6.07, 6.45) is 1.53. The predicted molar refractivity (Wildman–Crippen MR) is 59.0 cm³/mol. The van der Waals surface area contributed by atoms with Gasteiger partial charge in [0.2, 0.25) is 0 Å². The Kier molecular flexibility index (Phi) is 2.83. The fourth-order valence-electron chi connectivity index (χ4n) is 1.79. The van der Waals surface area contributed by atoms with Gasteiger partial charge in [-0.15, -0.1) is 0 Å². The lowest BCUT2D eigenvalue weighted by Gasteiger charge is -2.24. The summed E-state index contributed by atoms with van der Waals surface area (Å²) in [7, 11) is 0. The molecule has 0 saturated heterocycles. The van der Waals surface area contributed by atoms with E-state index in [2.05, 4.69) is 12.1 Å². The molecule has 1 heterocycles. The number of carbonyl (C=O) groups is 1. The second-order valence-electron chi connectivity index (χ2n) is 3.82. The molecule has 3 heteroatoms. The topological polar surface area (TPSA) is 46.3 Å². The molecule has 0 aliphatic carbocycles. The predicted octanol–water partition coefficient (Wildman–Crippen LogP) is 0.914. The molecule has 0 atom stereocenters. The SMILES string of the molecule is NC1=CC(=O)CN(Cc2ccccc2)C1. The third-order valence-electron chi connectivity index (χ3n) is 2.38. The molecule has 1 aliphatic heterocycles. The van der Waals surface area contributed by atoms with Crippen LogP contribution in [0.1, 0.15) is 5.56 Å². The molecule has 2 rings (SSSR count). The van der Waals surface area contributed by atoms with Crippen LogP contribution in [0.15, 0.2) is 42.1 Å². The Balaban J connectivity index is 2.02. The highest BCUT2D eigenvalue weighted by molar-refractivity contribution is 5.92. The van der Waals surface area contributed by atoms with Crippen molar-refractivity contribution in [2.24, 2.45) is 5.73 Å². The van der Waals surface area contributed by atoms with Gasteiger partial charge in [-0.05, 0) is 5.56 Å². The van der Waals surface area contributed by atoms with Crippen LogP contribution in [0.3, 0.4) is 0 Å². The highest BCUT2D eigenvalue weighted by atomic mass is 16.1. The van der Waals surface area contributed by atoms with E-state index in [0.717, 1.165) is 6.54 Å². The molecular formula is C12H14N2O. The second kappa shape index (κ2) is 4.28. The minimum Gasteiger partial charge on any atom is -0.401 e. The van der Waals surface area contributed by atoms with Crippen LogP contribution < -0.4 is 5.73 Å². The zero-order valence-electron chi connectivity index (χ0n) is 8.52. The van der Waals surface area contributed by atoms with Crippen molar-refractivity contribution in [1.82, 2.24) is 4.90 Å². The number of hydrogen-bond donors (Lipinski definition) is 1. The first-order valence-electron chi connectivity index (χ1n) is 4.99. The van der Waals surface area contributed by atoms with Gasteiger partial charge in [0, 0.05) is 24.9 Å². The Morgan fingerprint density at radius 2 is 1.93 bits per heavy atom. The lowest BCUT2D eigenvalue weighted by atomic mass is 10.1. The van der Waals surface area contributed by atoms with E-state index in [-0.39, 0.29) is 5.78 Å². The minimum atomic E-state index is 0.0923. The molecule has 0 spiro atoms. The highest BCUT2D eigenvalue weighted by Gasteiger charge is 2.15. The zero-order valence-corrected chi connectivity index (χ0v) is 8.52. The Bertz CT molecular complexity index is 384. The summed E-state index contributed by atoms with van der Waals surface area (Å²) < 4.78 is 0. The quantitative estimate of drug-likeness (QED) is 0.775. The lowest BCUT2D eigenvalue weighted by Crippen LogP contribution is -2.36. The highest BCUT2D eigenvalue weighted by Crippen LogP contribution is 2.08. The van der Waals surface area contributed by atoms with Crippen molar-refractivity contribution >= 4 is 5.78 Å². The van der Waals surface area contributed by atoms with Crippen molar-refractivity contribution < 1.29 is 4.79 Å². The van der Waals surface area contributed by atoms with Crippen LogP contribution >= 0.6 is 0 Å². The van der Waals surface area contributed by atoms with Crippen molar-refractivity contribution in [2.75, 3.05) is 13.1 Å². The number of nitrogens with zero attached hydrogens (tertiary/aromatic N) is 1. The molecule has 1 aliphatic rings. The average molecular weight is 202 g/mol. The summed E-state index contributed by atoms with van der Waals surface area (Å²) in [5.41, 5.74) is 7.53. The molecule has 78 valence electrons. The maximum atomic E-state index is 11.3. The van der Waals surface area contributed by atoms with Gasteiger partial charge in [0.1, 0.15) is 0 Å². The molecule has 0 radical (unpaired) electrons. The van der Waals surface area contributed by atoms with E-state index in [9.17, 15) is 4.79 Å². The van der Waals surface area contributed by atoms with Crippen LogP contribution in [-0.4, -0.2) is 23.8 Å². The number of nitrogens with two attached hydrogens (primary N) is 1. The zero-order chi connectivity index (χ0) is 10.7. The first-order valence-corrected chi connectivity index (χ1v) is 4.99. The van der Waals surface area contributed by atoms with Crippen LogP contribution in [0.25, 0.3) is 0 Å². The van der Waals surface area contributed by atoms with E-state index in [1.54, 1.807) is 0 Å². The summed E-state index contributed by atoms with van der Waals surface area (Å²) in [6.45, 7) is 1.93. The van der Waals surface area contributed by atoms with Gasteiger partial charge in [0.25, 0.3) is 0 Å².